The van der Waals surface area contributed by atoms with Crippen molar-refractivity contribution in [3.8, 4) is 0 Å². The van der Waals surface area contributed by atoms with Gasteiger partial charge in [0, 0.05) is 24.2 Å². The van der Waals surface area contributed by atoms with E-state index in [-0.39, 0.29) is 0 Å². The molecule has 19 heavy (non-hydrogen) atoms. The molecular formula is C15H17N3S. The van der Waals surface area contributed by atoms with Crippen LogP contribution in [-0.2, 0) is 0 Å². The molecule has 4 heteroatoms. The van der Waals surface area contributed by atoms with Gasteiger partial charge in [-0.3, -0.25) is 0 Å². The van der Waals surface area contributed by atoms with Crippen LogP contribution in [0.15, 0.2) is 44.4 Å². The van der Waals surface area contributed by atoms with Gasteiger partial charge < -0.3 is 5.32 Å². The van der Waals surface area contributed by atoms with Gasteiger partial charge in [-0.05, 0) is 47.4 Å². The van der Waals surface area contributed by atoms with Gasteiger partial charge in [0.2, 0.25) is 0 Å². The molecule has 98 valence electrons. The van der Waals surface area contributed by atoms with Gasteiger partial charge in [-0.15, -0.1) is 0 Å². The number of likely N-dealkylation sites (N-methyl/N-ethyl adjacent to an activating group) is 1. The van der Waals surface area contributed by atoms with Gasteiger partial charge in [0.25, 0.3) is 0 Å². The van der Waals surface area contributed by atoms with E-state index in [1.807, 2.05) is 0 Å². The summed E-state index contributed by atoms with van der Waals surface area (Å²) in [5.74, 6) is 0. The lowest BCUT2D eigenvalue weighted by Gasteiger charge is -2.19. The second-order valence-corrected chi connectivity index (χ2v) is 5.40. The Balaban J connectivity index is 2.04. The van der Waals surface area contributed by atoms with E-state index in [1.165, 1.54) is 22.4 Å². The average Bonchev–Trinajstić information content (AvgIpc) is 3.08. The van der Waals surface area contributed by atoms with E-state index in [1.54, 1.807) is 11.3 Å². The van der Waals surface area contributed by atoms with Crippen LogP contribution in [0, 0.1) is 0 Å². The molecule has 1 aliphatic carbocycles. The fraction of sp³-hybridized carbons (Fsp3) is 0.333. The largest absolute Gasteiger partial charge is 0.385 e. The maximum Gasteiger partial charge on any atom is 0.0786 e. The third-order valence-corrected chi connectivity index (χ3v) is 4.09. The predicted molar refractivity (Wildman–Crippen MR) is 82.8 cm³/mol. The minimum atomic E-state index is 0.883. The van der Waals surface area contributed by atoms with Crippen molar-refractivity contribution in [3.63, 3.8) is 0 Å². The van der Waals surface area contributed by atoms with Crippen LogP contribution in [0.1, 0.15) is 32.3 Å². The predicted octanol–water partition coefficient (Wildman–Crippen LogP) is 3.62. The molecule has 0 saturated carbocycles. The highest BCUT2D eigenvalue weighted by molar-refractivity contribution is 7.08. The molecule has 0 bridgehead atoms. The van der Waals surface area contributed by atoms with Gasteiger partial charge in [0.1, 0.15) is 0 Å². The Kier molecular flexibility index (Phi) is 3.34. The fourth-order valence-electron chi connectivity index (χ4n) is 2.51. The fourth-order valence-corrected chi connectivity index (χ4v) is 3.19. The number of fused-ring (bicyclic) bond motifs is 1. The Labute approximate surface area is 117 Å². The van der Waals surface area contributed by atoms with E-state index in [0.717, 1.165) is 30.8 Å². The van der Waals surface area contributed by atoms with E-state index in [2.05, 4.69) is 52.3 Å². The zero-order valence-corrected chi connectivity index (χ0v) is 12.0. The summed E-state index contributed by atoms with van der Waals surface area (Å²) >= 11 is 1.73. The molecule has 0 spiro atoms. The summed E-state index contributed by atoms with van der Waals surface area (Å²) in [4.78, 5) is 0. The lowest BCUT2D eigenvalue weighted by atomic mass is 9.88. The summed E-state index contributed by atoms with van der Waals surface area (Å²) in [6.07, 6.45) is 4.07. The highest BCUT2D eigenvalue weighted by Gasteiger charge is 2.27. The van der Waals surface area contributed by atoms with Crippen LogP contribution in [-0.4, -0.2) is 18.0 Å². The molecule has 0 atom stereocenters. The van der Waals surface area contributed by atoms with Crippen LogP contribution in [0.4, 0.5) is 0 Å². The monoisotopic (exact) mass is 271 g/mol. The third-order valence-electron chi connectivity index (χ3n) is 3.41. The van der Waals surface area contributed by atoms with Gasteiger partial charge in [-0.2, -0.15) is 21.5 Å². The lowest BCUT2D eigenvalue weighted by Crippen LogP contribution is -2.23. The van der Waals surface area contributed by atoms with Crippen LogP contribution in [0.5, 0.6) is 0 Å². The van der Waals surface area contributed by atoms with Crippen LogP contribution in [0.25, 0.3) is 5.57 Å². The Hall–Kier alpha value is -1.68. The molecule has 0 aromatic carbocycles. The summed E-state index contributed by atoms with van der Waals surface area (Å²) < 4.78 is 0. The number of hydrogen-bond donors (Lipinski definition) is 1. The standard InChI is InChI=1S/C15H17N3S/c1-3-12-15-13(16-4-2)7-11(8-14(15)18-17-12)10-5-6-19-9-10/h5-7,9,16H,3-4,8H2,1-2H3. The first-order valence-corrected chi connectivity index (χ1v) is 7.63. The van der Waals surface area contributed by atoms with Crippen molar-refractivity contribution in [2.75, 3.05) is 6.54 Å². The van der Waals surface area contributed by atoms with Gasteiger partial charge >= 0.3 is 0 Å². The number of rotatable bonds is 4. The molecule has 1 aromatic rings. The Morgan fingerprint density at radius 3 is 2.89 bits per heavy atom. The maximum absolute atomic E-state index is 4.37. The molecule has 0 unspecified atom stereocenters. The van der Waals surface area contributed by atoms with E-state index in [9.17, 15) is 0 Å². The highest BCUT2D eigenvalue weighted by Crippen LogP contribution is 2.32. The Bertz CT molecular complexity index is 603. The molecule has 0 amide bonds. The van der Waals surface area contributed by atoms with Crippen LogP contribution >= 0.6 is 11.3 Å². The number of nitrogens with one attached hydrogen (secondary N) is 1. The Morgan fingerprint density at radius 2 is 2.21 bits per heavy atom. The molecule has 2 aliphatic rings. The van der Waals surface area contributed by atoms with Crippen molar-refractivity contribution >= 4 is 28.3 Å². The number of thiophene rings is 1. The summed E-state index contributed by atoms with van der Waals surface area (Å²) in [5.41, 5.74) is 7.23. The minimum Gasteiger partial charge on any atom is -0.385 e. The van der Waals surface area contributed by atoms with Crippen molar-refractivity contribution in [3.05, 3.63) is 39.7 Å². The van der Waals surface area contributed by atoms with Crippen LogP contribution < -0.4 is 5.32 Å². The van der Waals surface area contributed by atoms with Crippen molar-refractivity contribution in [1.29, 1.82) is 0 Å². The summed E-state index contributed by atoms with van der Waals surface area (Å²) in [5, 5.41) is 16.5. The lowest BCUT2D eigenvalue weighted by molar-refractivity contribution is 0.874. The van der Waals surface area contributed by atoms with Crippen molar-refractivity contribution < 1.29 is 0 Å². The van der Waals surface area contributed by atoms with E-state index < -0.39 is 0 Å². The molecule has 1 N–H and O–H groups in total. The van der Waals surface area contributed by atoms with E-state index in [0.29, 0.717) is 0 Å². The van der Waals surface area contributed by atoms with Gasteiger partial charge in [-0.1, -0.05) is 6.92 Å². The highest BCUT2D eigenvalue weighted by atomic mass is 32.1. The number of allylic oxidation sites excluding steroid dienone is 3. The first-order chi connectivity index (χ1) is 9.33. The molecule has 3 rings (SSSR count). The number of nitrogens with zero attached hydrogens (tertiary/aromatic N) is 2. The topological polar surface area (TPSA) is 36.8 Å². The second-order valence-electron chi connectivity index (χ2n) is 4.62. The quantitative estimate of drug-likeness (QED) is 0.892. The first-order valence-electron chi connectivity index (χ1n) is 6.69. The molecule has 1 aromatic heterocycles. The maximum atomic E-state index is 4.37. The first kappa shape index (κ1) is 12.4. The molecule has 3 nitrogen and oxygen atoms in total. The summed E-state index contributed by atoms with van der Waals surface area (Å²) in [7, 11) is 0. The molecule has 0 radical (unpaired) electrons. The van der Waals surface area contributed by atoms with E-state index >= 15 is 0 Å². The molecule has 2 heterocycles. The third kappa shape index (κ3) is 2.16. The molecule has 0 saturated heterocycles. The van der Waals surface area contributed by atoms with Gasteiger partial charge in [-0.25, -0.2) is 0 Å². The number of hydrogen-bond acceptors (Lipinski definition) is 4. The zero-order valence-electron chi connectivity index (χ0n) is 11.2. The zero-order chi connectivity index (χ0) is 13.2. The SMILES string of the molecule is CCNC1=C2C(CC)=NN=C2CC(c2ccsc2)=C1. The molecule has 0 fully saturated rings. The second kappa shape index (κ2) is 5.13. The van der Waals surface area contributed by atoms with Gasteiger partial charge in [0.05, 0.1) is 11.4 Å². The Morgan fingerprint density at radius 1 is 1.32 bits per heavy atom. The van der Waals surface area contributed by atoms with Crippen molar-refractivity contribution in [2.45, 2.75) is 26.7 Å². The smallest absolute Gasteiger partial charge is 0.0786 e. The summed E-state index contributed by atoms with van der Waals surface area (Å²) in [6.45, 7) is 5.16. The summed E-state index contributed by atoms with van der Waals surface area (Å²) in [6, 6.07) is 2.17. The van der Waals surface area contributed by atoms with Crippen LogP contribution in [0.2, 0.25) is 0 Å². The van der Waals surface area contributed by atoms with E-state index in [4.69, 9.17) is 0 Å². The average molecular weight is 271 g/mol. The molecular weight excluding hydrogens is 254 g/mol. The molecule has 1 aliphatic heterocycles. The van der Waals surface area contributed by atoms with Crippen LogP contribution in [0.3, 0.4) is 0 Å². The van der Waals surface area contributed by atoms with Crippen molar-refractivity contribution in [2.24, 2.45) is 10.2 Å². The van der Waals surface area contributed by atoms with Crippen molar-refractivity contribution in [1.82, 2.24) is 5.32 Å². The van der Waals surface area contributed by atoms with Gasteiger partial charge in [0.15, 0.2) is 0 Å². The minimum absolute atomic E-state index is 0.883. The normalized spacial score (nSPS) is 17.9.